The monoisotopic (exact) mass is 545 g/mol. The molecule has 0 saturated carbocycles. The Kier molecular flexibility index (Phi) is 9.46. The van der Waals surface area contributed by atoms with Crippen LogP contribution < -0.4 is 11.0 Å². The van der Waals surface area contributed by atoms with Gasteiger partial charge in [0.15, 0.2) is 6.23 Å². The van der Waals surface area contributed by atoms with Crippen LogP contribution in [0.4, 0.5) is 5.82 Å². The predicted molar refractivity (Wildman–Crippen MR) is 123 cm³/mol. The van der Waals surface area contributed by atoms with Crippen LogP contribution in [0.3, 0.4) is 0 Å². The van der Waals surface area contributed by atoms with E-state index in [1.165, 1.54) is 12.3 Å². The zero-order valence-electron chi connectivity index (χ0n) is 20.5. The largest absolute Gasteiger partial charge is 0.481 e. The summed E-state index contributed by atoms with van der Waals surface area (Å²) in [6.45, 7) is 4.90. The van der Waals surface area contributed by atoms with Gasteiger partial charge in [-0.2, -0.15) is 9.29 Å². The maximum absolute atomic E-state index is 12.4. The summed E-state index contributed by atoms with van der Waals surface area (Å²) in [5, 5.41) is 23.6. The molecule has 3 unspecified atom stereocenters. The SMILES string of the molecule is CC(C)(C)Nc1ccn([C@@H]2O[C@H](COP(=O)(O)OP(=O)(O)OCC[N+](C)(C)C)[C@H](O)C2O)c(=O)n1. The Balaban J connectivity index is 2.00. The molecule has 0 bridgehead atoms. The number of aliphatic hydroxyl groups is 2. The van der Waals surface area contributed by atoms with Gasteiger partial charge in [-0.3, -0.25) is 13.6 Å². The number of nitrogens with zero attached hydrogens (tertiary/aromatic N) is 3. The molecule has 1 saturated heterocycles. The van der Waals surface area contributed by atoms with Crippen LogP contribution in [0.5, 0.6) is 0 Å². The van der Waals surface area contributed by atoms with Crippen LogP contribution in [0.25, 0.3) is 0 Å². The maximum Gasteiger partial charge on any atom is 0.481 e. The first-order valence-electron chi connectivity index (χ1n) is 10.6. The summed E-state index contributed by atoms with van der Waals surface area (Å²) in [6.07, 6.45) is -4.67. The van der Waals surface area contributed by atoms with Crippen LogP contribution in [0.1, 0.15) is 27.0 Å². The lowest BCUT2D eigenvalue weighted by Crippen LogP contribution is -2.37. The fraction of sp³-hybridized carbons (Fsp3) is 0.778. The van der Waals surface area contributed by atoms with Gasteiger partial charge in [0, 0.05) is 11.7 Å². The van der Waals surface area contributed by atoms with Crippen molar-refractivity contribution < 1.29 is 51.7 Å². The number of hydrogen-bond donors (Lipinski definition) is 5. The molecule has 0 radical (unpaired) electrons. The summed E-state index contributed by atoms with van der Waals surface area (Å²) in [5.41, 5.74) is -1.14. The number of phosphoric ester groups is 2. The van der Waals surface area contributed by atoms with Gasteiger partial charge >= 0.3 is 21.3 Å². The van der Waals surface area contributed by atoms with Crippen molar-refractivity contribution in [2.45, 2.75) is 50.8 Å². The standard InChI is InChI=1S/C18H34N4O11P2/c1-18(2,3)20-13-7-8-21(17(25)19-13)16-15(24)14(23)12(32-16)11-31-35(28,29)33-34(26,27)30-10-9-22(4,5)6/h7-8,12,14-16,23-24H,9-11H2,1-6H3,(H2-,19,20,25,26,27,28,29)/p+1/t12-,14+,15?,16-/m1/s1. The van der Waals surface area contributed by atoms with Gasteiger partial charge < -0.3 is 34.5 Å². The normalized spacial score (nSPS) is 26.8. The first kappa shape index (κ1) is 30.0. The van der Waals surface area contributed by atoms with Crippen molar-refractivity contribution in [1.29, 1.82) is 0 Å². The summed E-state index contributed by atoms with van der Waals surface area (Å²) in [5.74, 6) is 0.294. The molecule has 0 aromatic carbocycles. The zero-order valence-corrected chi connectivity index (χ0v) is 22.3. The van der Waals surface area contributed by atoms with Crippen molar-refractivity contribution in [3.63, 3.8) is 0 Å². The van der Waals surface area contributed by atoms with Gasteiger partial charge in [-0.1, -0.05) is 0 Å². The number of nitrogens with one attached hydrogen (secondary N) is 1. The number of ether oxygens (including phenoxy) is 1. The molecule has 15 nitrogen and oxygen atoms in total. The second-order valence-corrected chi connectivity index (χ2v) is 13.1. The Labute approximate surface area is 203 Å². The molecule has 0 aliphatic carbocycles. The first-order chi connectivity index (χ1) is 15.8. The Morgan fingerprint density at radius 2 is 1.74 bits per heavy atom. The molecule has 0 spiro atoms. The molecule has 1 aromatic heterocycles. The molecule has 2 rings (SSSR count). The summed E-state index contributed by atoms with van der Waals surface area (Å²) < 4.78 is 44.4. The van der Waals surface area contributed by atoms with Crippen LogP contribution in [-0.2, 0) is 27.2 Å². The molecule has 1 aliphatic heterocycles. The van der Waals surface area contributed by atoms with E-state index < -0.39 is 52.5 Å². The fourth-order valence-electron chi connectivity index (χ4n) is 2.93. The molecule has 17 heteroatoms. The van der Waals surface area contributed by atoms with E-state index in [4.69, 9.17) is 4.74 Å². The van der Waals surface area contributed by atoms with E-state index in [1.807, 2.05) is 41.9 Å². The van der Waals surface area contributed by atoms with Crippen molar-refractivity contribution in [2.24, 2.45) is 0 Å². The molecular weight excluding hydrogens is 510 g/mol. The maximum atomic E-state index is 12.4. The highest BCUT2D eigenvalue weighted by Gasteiger charge is 2.46. The van der Waals surface area contributed by atoms with Crippen LogP contribution in [0.2, 0.25) is 0 Å². The first-order valence-corrected chi connectivity index (χ1v) is 13.6. The topological polar surface area (TPSA) is 199 Å². The summed E-state index contributed by atoms with van der Waals surface area (Å²) in [7, 11) is -4.64. The highest BCUT2D eigenvalue weighted by molar-refractivity contribution is 7.61. The molecule has 35 heavy (non-hydrogen) atoms. The zero-order chi connectivity index (χ0) is 26.8. The molecule has 202 valence electrons. The van der Waals surface area contributed by atoms with Gasteiger partial charge in [0.2, 0.25) is 0 Å². The van der Waals surface area contributed by atoms with Crippen LogP contribution >= 0.6 is 15.6 Å². The van der Waals surface area contributed by atoms with Gasteiger partial charge in [0.1, 0.15) is 37.3 Å². The lowest BCUT2D eigenvalue weighted by Gasteiger charge is -2.24. The van der Waals surface area contributed by atoms with E-state index in [1.54, 1.807) is 0 Å². The van der Waals surface area contributed by atoms with Gasteiger partial charge in [-0.15, -0.1) is 0 Å². The predicted octanol–water partition coefficient (Wildman–Crippen LogP) is 0.0297. The number of hydrogen-bond acceptors (Lipinski definition) is 11. The van der Waals surface area contributed by atoms with Crippen LogP contribution in [0.15, 0.2) is 17.1 Å². The molecule has 0 amide bonds. The number of anilines is 1. The molecule has 5 N–H and O–H groups in total. The Bertz CT molecular complexity index is 1020. The minimum absolute atomic E-state index is 0.234. The molecule has 1 fully saturated rings. The third kappa shape index (κ3) is 9.63. The molecule has 1 aromatic rings. The van der Waals surface area contributed by atoms with Crippen molar-refractivity contribution in [3.8, 4) is 0 Å². The average molecular weight is 545 g/mol. The van der Waals surface area contributed by atoms with Crippen molar-refractivity contribution in [2.75, 3.05) is 46.2 Å². The lowest BCUT2D eigenvalue weighted by molar-refractivity contribution is -0.870. The number of quaternary nitrogens is 1. The van der Waals surface area contributed by atoms with E-state index in [0.29, 0.717) is 16.8 Å². The van der Waals surface area contributed by atoms with Crippen LogP contribution in [0, 0.1) is 0 Å². The number of likely N-dealkylation sites (N-methyl/N-ethyl adjacent to an activating group) is 1. The van der Waals surface area contributed by atoms with E-state index in [9.17, 15) is 33.9 Å². The average Bonchev–Trinajstić information content (AvgIpc) is 2.91. The van der Waals surface area contributed by atoms with Crippen molar-refractivity contribution in [3.05, 3.63) is 22.7 Å². The third-order valence-corrected chi connectivity index (χ3v) is 7.20. The van der Waals surface area contributed by atoms with E-state index >= 15 is 0 Å². The summed E-state index contributed by atoms with van der Waals surface area (Å²) in [6, 6.07) is 1.48. The molecule has 1 aliphatic rings. The number of aromatic nitrogens is 2. The molecule has 6 atom stereocenters. The summed E-state index contributed by atoms with van der Waals surface area (Å²) in [4.78, 5) is 35.8. The lowest BCUT2D eigenvalue weighted by atomic mass is 10.1. The minimum Gasteiger partial charge on any atom is -0.387 e. The van der Waals surface area contributed by atoms with Crippen molar-refractivity contribution in [1.82, 2.24) is 9.55 Å². The van der Waals surface area contributed by atoms with E-state index in [0.717, 1.165) is 4.57 Å². The number of rotatable bonds is 11. The van der Waals surface area contributed by atoms with Gasteiger partial charge in [-0.05, 0) is 26.8 Å². The quantitative estimate of drug-likeness (QED) is 0.184. The number of phosphoric acid groups is 2. The van der Waals surface area contributed by atoms with E-state index in [-0.39, 0.29) is 12.1 Å². The van der Waals surface area contributed by atoms with Crippen molar-refractivity contribution >= 4 is 21.5 Å². The smallest absolute Gasteiger partial charge is 0.387 e. The fourth-order valence-corrected chi connectivity index (χ4v) is 5.00. The molecule has 2 heterocycles. The van der Waals surface area contributed by atoms with Gasteiger partial charge in [0.25, 0.3) is 0 Å². The Morgan fingerprint density at radius 1 is 1.14 bits per heavy atom. The second-order valence-electron chi connectivity index (χ2n) is 10.1. The van der Waals surface area contributed by atoms with Gasteiger partial charge in [0.05, 0.1) is 27.7 Å². The second kappa shape index (κ2) is 11.0. The highest BCUT2D eigenvalue weighted by Crippen LogP contribution is 2.60. The van der Waals surface area contributed by atoms with E-state index in [2.05, 4.69) is 23.7 Å². The van der Waals surface area contributed by atoms with Crippen LogP contribution in [-0.4, -0.2) is 98.8 Å². The van der Waals surface area contributed by atoms with Gasteiger partial charge in [-0.25, -0.2) is 13.9 Å². The molecular formula is C18H35N4O11P2+. The third-order valence-electron chi connectivity index (χ3n) is 4.57. The minimum atomic E-state index is -5.13. The summed E-state index contributed by atoms with van der Waals surface area (Å²) >= 11 is 0. The Morgan fingerprint density at radius 3 is 2.29 bits per heavy atom. The Hall–Kier alpha value is -1.22. The highest BCUT2D eigenvalue weighted by atomic mass is 31.3. The number of aliphatic hydroxyl groups excluding tert-OH is 2.